The van der Waals surface area contributed by atoms with Crippen LogP contribution in [0.2, 0.25) is 0 Å². The SMILES string of the molecule is CCN(CC)C(N)=NCc1nc2cc(Br)ccc2n1CC. The van der Waals surface area contributed by atoms with E-state index in [1.165, 1.54) is 0 Å². The Kier molecular flexibility index (Phi) is 5.22. The van der Waals surface area contributed by atoms with E-state index in [9.17, 15) is 0 Å². The van der Waals surface area contributed by atoms with Gasteiger partial charge in [0.1, 0.15) is 12.4 Å². The number of aliphatic imine (C=N–C) groups is 1. The Labute approximate surface area is 134 Å². The Bertz CT molecular complexity index is 643. The van der Waals surface area contributed by atoms with Gasteiger partial charge in [0.15, 0.2) is 5.96 Å². The minimum absolute atomic E-state index is 0.502. The Morgan fingerprint density at radius 2 is 2.05 bits per heavy atom. The molecule has 2 aromatic rings. The fourth-order valence-electron chi connectivity index (χ4n) is 2.43. The van der Waals surface area contributed by atoms with Crippen molar-refractivity contribution in [2.45, 2.75) is 33.9 Å². The fraction of sp³-hybridized carbons (Fsp3) is 0.467. The van der Waals surface area contributed by atoms with E-state index in [-0.39, 0.29) is 0 Å². The van der Waals surface area contributed by atoms with Gasteiger partial charge in [-0.3, -0.25) is 0 Å². The van der Waals surface area contributed by atoms with Gasteiger partial charge in [-0.15, -0.1) is 0 Å². The van der Waals surface area contributed by atoms with Crippen LogP contribution in [0.5, 0.6) is 0 Å². The van der Waals surface area contributed by atoms with Gasteiger partial charge in [-0.2, -0.15) is 0 Å². The smallest absolute Gasteiger partial charge is 0.191 e. The van der Waals surface area contributed by atoms with Gasteiger partial charge in [0.05, 0.1) is 11.0 Å². The summed E-state index contributed by atoms with van der Waals surface area (Å²) in [7, 11) is 0. The van der Waals surface area contributed by atoms with Gasteiger partial charge < -0.3 is 15.2 Å². The number of nitrogens with two attached hydrogens (primary N) is 1. The Morgan fingerprint density at radius 3 is 2.67 bits per heavy atom. The average molecular weight is 352 g/mol. The third-order valence-corrected chi connectivity index (χ3v) is 4.07. The van der Waals surface area contributed by atoms with E-state index in [0.29, 0.717) is 12.5 Å². The quantitative estimate of drug-likeness (QED) is 0.665. The maximum atomic E-state index is 6.03. The van der Waals surface area contributed by atoms with Gasteiger partial charge in [0, 0.05) is 24.1 Å². The molecule has 0 saturated carbocycles. The molecular weight excluding hydrogens is 330 g/mol. The van der Waals surface area contributed by atoms with Crippen molar-refractivity contribution in [3.63, 3.8) is 0 Å². The van der Waals surface area contributed by atoms with Crippen LogP contribution in [0.15, 0.2) is 27.7 Å². The van der Waals surface area contributed by atoms with Crippen LogP contribution in [-0.4, -0.2) is 33.5 Å². The van der Waals surface area contributed by atoms with E-state index in [2.05, 4.69) is 57.3 Å². The molecule has 0 spiro atoms. The molecule has 0 fully saturated rings. The molecule has 0 radical (unpaired) electrons. The predicted octanol–water partition coefficient (Wildman–Crippen LogP) is 2.98. The van der Waals surface area contributed by atoms with Crippen LogP contribution in [0.3, 0.4) is 0 Å². The van der Waals surface area contributed by atoms with Crippen LogP contribution in [0.1, 0.15) is 26.6 Å². The number of aromatic nitrogens is 2. The average Bonchev–Trinajstić information content (AvgIpc) is 2.82. The number of nitrogens with zero attached hydrogens (tertiary/aromatic N) is 4. The van der Waals surface area contributed by atoms with Crippen molar-refractivity contribution in [2.24, 2.45) is 10.7 Å². The second-order valence-electron chi connectivity index (χ2n) is 4.75. The number of guanidine groups is 1. The lowest BCUT2D eigenvalue weighted by Gasteiger charge is -2.19. The van der Waals surface area contributed by atoms with E-state index < -0.39 is 0 Å². The number of imidazole rings is 1. The molecule has 5 nitrogen and oxygen atoms in total. The first-order valence-corrected chi connectivity index (χ1v) is 8.09. The monoisotopic (exact) mass is 351 g/mol. The highest BCUT2D eigenvalue weighted by Gasteiger charge is 2.10. The lowest BCUT2D eigenvalue weighted by atomic mass is 10.3. The van der Waals surface area contributed by atoms with Gasteiger partial charge in [0.2, 0.25) is 0 Å². The Hall–Kier alpha value is -1.56. The number of fused-ring (bicyclic) bond motifs is 1. The topological polar surface area (TPSA) is 59.4 Å². The summed E-state index contributed by atoms with van der Waals surface area (Å²) in [5.41, 5.74) is 8.14. The van der Waals surface area contributed by atoms with E-state index in [4.69, 9.17) is 5.73 Å². The molecule has 0 aliphatic rings. The van der Waals surface area contributed by atoms with E-state index in [1.54, 1.807) is 0 Å². The minimum Gasteiger partial charge on any atom is -0.370 e. The number of benzene rings is 1. The third-order valence-electron chi connectivity index (χ3n) is 3.58. The zero-order valence-electron chi connectivity index (χ0n) is 12.8. The zero-order valence-corrected chi connectivity index (χ0v) is 14.4. The van der Waals surface area contributed by atoms with Crippen LogP contribution in [0, 0.1) is 0 Å². The summed E-state index contributed by atoms with van der Waals surface area (Å²) in [5.74, 6) is 1.52. The molecular formula is C15H22BrN5. The summed E-state index contributed by atoms with van der Waals surface area (Å²) < 4.78 is 3.22. The van der Waals surface area contributed by atoms with Gasteiger partial charge in [-0.25, -0.2) is 9.98 Å². The van der Waals surface area contributed by atoms with Crippen molar-refractivity contribution in [1.82, 2.24) is 14.5 Å². The van der Waals surface area contributed by atoms with Crippen molar-refractivity contribution in [1.29, 1.82) is 0 Å². The van der Waals surface area contributed by atoms with Crippen molar-refractivity contribution in [3.8, 4) is 0 Å². The highest BCUT2D eigenvalue weighted by molar-refractivity contribution is 9.10. The lowest BCUT2D eigenvalue weighted by molar-refractivity contribution is 0.457. The first-order chi connectivity index (χ1) is 10.1. The van der Waals surface area contributed by atoms with Crippen LogP contribution in [-0.2, 0) is 13.1 Å². The largest absolute Gasteiger partial charge is 0.370 e. The highest BCUT2D eigenvalue weighted by atomic mass is 79.9. The Morgan fingerprint density at radius 1 is 1.33 bits per heavy atom. The molecule has 1 aromatic heterocycles. The third kappa shape index (κ3) is 3.37. The number of aryl methyl sites for hydroxylation is 1. The highest BCUT2D eigenvalue weighted by Crippen LogP contribution is 2.21. The van der Waals surface area contributed by atoms with Crippen LogP contribution < -0.4 is 5.73 Å². The standard InChI is InChI=1S/C15H22BrN5/c1-4-20(5-2)15(17)18-10-14-19-12-9-11(16)7-8-13(12)21(14)6-3/h7-9H,4-6,10H2,1-3H3,(H2,17,18). The molecule has 6 heteroatoms. The summed E-state index contributed by atoms with van der Waals surface area (Å²) in [5, 5.41) is 0. The van der Waals surface area contributed by atoms with Gasteiger partial charge in [0.25, 0.3) is 0 Å². The van der Waals surface area contributed by atoms with Gasteiger partial charge in [-0.1, -0.05) is 15.9 Å². The number of halogens is 1. The molecule has 1 heterocycles. The van der Waals surface area contributed by atoms with E-state index in [0.717, 1.165) is 41.0 Å². The molecule has 1 aromatic carbocycles. The van der Waals surface area contributed by atoms with E-state index in [1.807, 2.05) is 17.0 Å². The van der Waals surface area contributed by atoms with Crippen molar-refractivity contribution < 1.29 is 0 Å². The zero-order chi connectivity index (χ0) is 15.4. The summed E-state index contributed by atoms with van der Waals surface area (Å²) >= 11 is 3.48. The number of hydrogen-bond donors (Lipinski definition) is 1. The molecule has 2 N–H and O–H groups in total. The van der Waals surface area contributed by atoms with Crippen LogP contribution in [0.4, 0.5) is 0 Å². The summed E-state index contributed by atoms with van der Waals surface area (Å²) in [6.07, 6.45) is 0. The lowest BCUT2D eigenvalue weighted by Crippen LogP contribution is -2.37. The predicted molar refractivity (Wildman–Crippen MR) is 91.4 cm³/mol. The molecule has 114 valence electrons. The van der Waals surface area contributed by atoms with Gasteiger partial charge >= 0.3 is 0 Å². The van der Waals surface area contributed by atoms with Crippen molar-refractivity contribution in [3.05, 3.63) is 28.5 Å². The minimum atomic E-state index is 0.502. The molecule has 0 unspecified atom stereocenters. The first-order valence-electron chi connectivity index (χ1n) is 7.30. The molecule has 21 heavy (non-hydrogen) atoms. The number of hydrogen-bond acceptors (Lipinski definition) is 2. The fourth-order valence-corrected chi connectivity index (χ4v) is 2.77. The van der Waals surface area contributed by atoms with E-state index >= 15 is 0 Å². The maximum absolute atomic E-state index is 6.03. The molecule has 0 amide bonds. The Balaban J connectivity index is 2.32. The summed E-state index contributed by atoms with van der Waals surface area (Å²) in [6, 6.07) is 6.15. The second kappa shape index (κ2) is 6.93. The maximum Gasteiger partial charge on any atom is 0.191 e. The van der Waals surface area contributed by atoms with Crippen molar-refractivity contribution in [2.75, 3.05) is 13.1 Å². The number of rotatable bonds is 5. The first kappa shape index (κ1) is 15.8. The summed E-state index contributed by atoms with van der Waals surface area (Å²) in [4.78, 5) is 11.2. The molecule has 2 rings (SSSR count). The van der Waals surface area contributed by atoms with Crippen molar-refractivity contribution >= 4 is 32.9 Å². The molecule has 0 bridgehead atoms. The summed E-state index contributed by atoms with van der Waals surface area (Å²) in [6.45, 7) is 9.36. The van der Waals surface area contributed by atoms with Gasteiger partial charge in [-0.05, 0) is 39.0 Å². The second-order valence-corrected chi connectivity index (χ2v) is 5.67. The normalized spacial score (nSPS) is 12.1. The molecule has 0 saturated heterocycles. The van der Waals surface area contributed by atoms with Crippen LogP contribution >= 0.6 is 15.9 Å². The molecule has 0 aliphatic carbocycles. The molecule has 0 atom stereocenters. The van der Waals surface area contributed by atoms with Crippen LogP contribution in [0.25, 0.3) is 11.0 Å². The molecule has 0 aliphatic heterocycles.